The van der Waals surface area contributed by atoms with Crippen molar-refractivity contribution in [1.82, 2.24) is 0 Å². The SMILES string of the molecule is Cc1ccc(S(=O)(=O)OC(CO)C(CO)OCc2ccccc2)cc1. The highest BCUT2D eigenvalue weighted by molar-refractivity contribution is 7.86. The first kappa shape index (κ1) is 19.6. The smallest absolute Gasteiger partial charge is 0.297 e. The van der Waals surface area contributed by atoms with Crippen LogP contribution in [0, 0.1) is 6.92 Å². The number of ether oxygens (including phenoxy) is 1. The van der Waals surface area contributed by atoms with Crippen LogP contribution in [0.5, 0.6) is 0 Å². The van der Waals surface area contributed by atoms with Gasteiger partial charge in [0.25, 0.3) is 10.1 Å². The summed E-state index contributed by atoms with van der Waals surface area (Å²) in [6, 6.07) is 15.4. The monoisotopic (exact) mass is 366 g/mol. The van der Waals surface area contributed by atoms with E-state index in [1.165, 1.54) is 12.1 Å². The van der Waals surface area contributed by atoms with Crippen molar-refractivity contribution in [3.8, 4) is 0 Å². The predicted octanol–water partition coefficient (Wildman–Crippen LogP) is 1.64. The largest absolute Gasteiger partial charge is 0.394 e. The first-order chi connectivity index (χ1) is 12.0. The van der Waals surface area contributed by atoms with Crippen LogP contribution in [0.1, 0.15) is 11.1 Å². The van der Waals surface area contributed by atoms with E-state index in [1.807, 2.05) is 37.3 Å². The Hall–Kier alpha value is -1.77. The van der Waals surface area contributed by atoms with Gasteiger partial charge in [-0.3, -0.25) is 4.18 Å². The third kappa shape index (κ3) is 5.62. The quantitative estimate of drug-likeness (QED) is 0.656. The molecule has 0 radical (unpaired) electrons. The van der Waals surface area contributed by atoms with Gasteiger partial charge in [-0.25, -0.2) is 0 Å². The van der Waals surface area contributed by atoms with E-state index in [-0.39, 0.29) is 11.5 Å². The van der Waals surface area contributed by atoms with Gasteiger partial charge in [0, 0.05) is 0 Å². The Kier molecular flexibility index (Phi) is 7.10. The van der Waals surface area contributed by atoms with E-state index in [2.05, 4.69) is 0 Å². The normalized spacial score (nSPS) is 14.2. The summed E-state index contributed by atoms with van der Waals surface area (Å²) in [5, 5.41) is 19.0. The van der Waals surface area contributed by atoms with E-state index in [0.717, 1.165) is 11.1 Å². The maximum absolute atomic E-state index is 12.3. The summed E-state index contributed by atoms with van der Waals surface area (Å²) in [5.74, 6) is 0. The van der Waals surface area contributed by atoms with Crippen molar-refractivity contribution in [2.45, 2.75) is 30.6 Å². The molecule has 0 aliphatic heterocycles. The molecule has 136 valence electrons. The lowest BCUT2D eigenvalue weighted by Crippen LogP contribution is -2.39. The lowest BCUT2D eigenvalue weighted by atomic mass is 10.2. The first-order valence-electron chi connectivity index (χ1n) is 7.83. The fourth-order valence-electron chi connectivity index (χ4n) is 2.19. The molecule has 0 saturated carbocycles. The summed E-state index contributed by atoms with van der Waals surface area (Å²) in [5.41, 5.74) is 1.77. The average Bonchev–Trinajstić information content (AvgIpc) is 2.62. The van der Waals surface area contributed by atoms with E-state index in [9.17, 15) is 18.6 Å². The molecule has 25 heavy (non-hydrogen) atoms. The van der Waals surface area contributed by atoms with Gasteiger partial charge in [0.1, 0.15) is 12.2 Å². The molecule has 7 heteroatoms. The highest BCUT2D eigenvalue weighted by Gasteiger charge is 2.29. The summed E-state index contributed by atoms with van der Waals surface area (Å²) in [6.07, 6.45) is -2.19. The van der Waals surface area contributed by atoms with Gasteiger partial charge >= 0.3 is 0 Å². The minimum Gasteiger partial charge on any atom is -0.394 e. The van der Waals surface area contributed by atoms with Crippen LogP contribution >= 0.6 is 0 Å². The van der Waals surface area contributed by atoms with Crippen molar-refractivity contribution in [1.29, 1.82) is 0 Å². The summed E-state index contributed by atoms with van der Waals surface area (Å²) < 4.78 is 35.3. The van der Waals surface area contributed by atoms with Gasteiger partial charge < -0.3 is 14.9 Å². The van der Waals surface area contributed by atoms with Crippen molar-refractivity contribution in [3.05, 3.63) is 65.7 Å². The second kappa shape index (κ2) is 9.07. The average molecular weight is 366 g/mol. The second-order valence-corrected chi connectivity index (χ2v) is 7.17. The van der Waals surface area contributed by atoms with Crippen molar-refractivity contribution in [2.24, 2.45) is 0 Å². The van der Waals surface area contributed by atoms with E-state index in [1.54, 1.807) is 12.1 Å². The molecular formula is C18H22O6S. The first-order valence-corrected chi connectivity index (χ1v) is 9.24. The molecule has 2 rings (SSSR count). The van der Waals surface area contributed by atoms with Crippen molar-refractivity contribution in [2.75, 3.05) is 13.2 Å². The highest BCUT2D eigenvalue weighted by Crippen LogP contribution is 2.18. The number of aliphatic hydroxyl groups excluding tert-OH is 2. The zero-order valence-electron chi connectivity index (χ0n) is 13.9. The summed E-state index contributed by atoms with van der Waals surface area (Å²) in [4.78, 5) is -0.0173. The lowest BCUT2D eigenvalue weighted by molar-refractivity contribution is -0.0743. The van der Waals surface area contributed by atoms with Gasteiger partial charge in [-0.15, -0.1) is 0 Å². The van der Waals surface area contributed by atoms with Gasteiger partial charge in [0.15, 0.2) is 0 Å². The van der Waals surface area contributed by atoms with Gasteiger partial charge in [0.2, 0.25) is 0 Å². The number of aliphatic hydroxyl groups is 2. The Morgan fingerprint density at radius 3 is 2.08 bits per heavy atom. The van der Waals surface area contributed by atoms with Gasteiger partial charge in [0.05, 0.1) is 24.7 Å². The molecule has 2 aromatic carbocycles. The van der Waals surface area contributed by atoms with Crippen LogP contribution in [0.2, 0.25) is 0 Å². The number of hydrogen-bond donors (Lipinski definition) is 2. The van der Waals surface area contributed by atoms with E-state index in [0.29, 0.717) is 0 Å². The lowest BCUT2D eigenvalue weighted by Gasteiger charge is -2.24. The van der Waals surface area contributed by atoms with Crippen LogP contribution in [0.15, 0.2) is 59.5 Å². The molecule has 6 nitrogen and oxygen atoms in total. The van der Waals surface area contributed by atoms with Crippen LogP contribution in [0.25, 0.3) is 0 Å². The van der Waals surface area contributed by atoms with Crippen LogP contribution in [-0.2, 0) is 25.6 Å². The zero-order chi connectivity index (χ0) is 18.3. The Morgan fingerprint density at radius 1 is 0.920 bits per heavy atom. The van der Waals surface area contributed by atoms with Crippen LogP contribution in [0.3, 0.4) is 0 Å². The maximum atomic E-state index is 12.3. The van der Waals surface area contributed by atoms with Crippen molar-refractivity contribution < 1.29 is 27.6 Å². The Morgan fingerprint density at radius 2 is 1.52 bits per heavy atom. The molecule has 0 amide bonds. The summed E-state index contributed by atoms with van der Waals surface area (Å²) in [6.45, 7) is 0.913. The fourth-order valence-corrected chi connectivity index (χ4v) is 3.28. The molecule has 0 saturated heterocycles. The predicted molar refractivity (Wildman–Crippen MR) is 92.4 cm³/mol. The van der Waals surface area contributed by atoms with Crippen molar-refractivity contribution >= 4 is 10.1 Å². The Balaban J connectivity index is 2.06. The van der Waals surface area contributed by atoms with Gasteiger partial charge in [-0.1, -0.05) is 48.0 Å². The molecule has 2 atom stereocenters. The minimum atomic E-state index is -4.08. The third-order valence-corrected chi connectivity index (χ3v) is 4.99. The minimum absolute atomic E-state index is 0.0173. The molecular weight excluding hydrogens is 344 g/mol. The maximum Gasteiger partial charge on any atom is 0.297 e. The van der Waals surface area contributed by atoms with Gasteiger partial charge in [-0.05, 0) is 24.6 Å². The molecule has 0 aliphatic rings. The Labute approximate surface area is 147 Å². The van der Waals surface area contributed by atoms with Crippen LogP contribution in [0.4, 0.5) is 0 Å². The molecule has 0 heterocycles. The number of hydrogen-bond acceptors (Lipinski definition) is 6. The topological polar surface area (TPSA) is 93.1 Å². The number of benzene rings is 2. The number of aryl methyl sites for hydroxylation is 1. The van der Waals surface area contributed by atoms with Gasteiger partial charge in [-0.2, -0.15) is 8.42 Å². The molecule has 0 spiro atoms. The summed E-state index contributed by atoms with van der Waals surface area (Å²) in [7, 11) is -4.08. The summed E-state index contributed by atoms with van der Waals surface area (Å²) >= 11 is 0. The molecule has 0 bridgehead atoms. The molecule has 2 N–H and O–H groups in total. The molecule has 0 aromatic heterocycles. The second-order valence-electron chi connectivity index (χ2n) is 5.60. The molecule has 0 aliphatic carbocycles. The van der Waals surface area contributed by atoms with Crippen molar-refractivity contribution in [3.63, 3.8) is 0 Å². The van der Waals surface area contributed by atoms with Crippen LogP contribution < -0.4 is 0 Å². The van der Waals surface area contributed by atoms with E-state index in [4.69, 9.17) is 8.92 Å². The third-order valence-electron chi connectivity index (χ3n) is 3.64. The Bertz CT molecular complexity index is 743. The molecule has 2 unspecified atom stereocenters. The van der Waals surface area contributed by atoms with Crippen LogP contribution in [-0.4, -0.2) is 44.1 Å². The zero-order valence-corrected chi connectivity index (χ0v) is 14.7. The standard InChI is InChI=1S/C18H22O6S/c1-14-7-9-16(10-8-14)25(21,22)24-18(12-20)17(11-19)23-13-15-5-3-2-4-6-15/h2-10,17-20H,11-13H2,1H3. The van der Waals surface area contributed by atoms with E-state index >= 15 is 0 Å². The number of rotatable bonds is 9. The van der Waals surface area contributed by atoms with E-state index < -0.39 is 35.5 Å². The molecule has 0 fully saturated rings. The highest BCUT2D eigenvalue weighted by atomic mass is 32.2. The molecule has 2 aromatic rings. The fraction of sp³-hybridized carbons (Fsp3) is 0.333.